The van der Waals surface area contributed by atoms with Gasteiger partial charge in [-0.25, -0.2) is 4.79 Å². The Hall–Kier alpha value is -4.69. The summed E-state index contributed by atoms with van der Waals surface area (Å²) in [6.45, 7) is 0. The van der Waals surface area contributed by atoms with Gasteiger partial charge in [-0.15, -0.1) is 0 Å². The van der Waals surface area contributed by atoms with Crippen molar-refractivity contribution in [3.8, 4) is 6.07 Å². The average Bonchev–Trinajstić information content (AvgIpc) is 2.93. The molecule has 36 heavy (non-hydrogen) atoms. The minimum absolute atomic E-state index is 0.0209. The monoisotopic (exact) mass is 474 g/mol. The van der Waals surface area contributed by atoms with Crippen molar-refractivity contribution in [3.05, 3.63) is 143 Å². The summed E-state index contributed by atoms with van der Waals surface area (Å²) in [7, 11) is 0. The number of carbonyl (C=O) groups excluding carboxylic acids is 1. The predicted octanol–water partition coefficient (Wildman–Crippen LogP) is 5.09. The fourth-order valence-electron chi connectivity index (χ4n) is 4.66. The third-order valence-electron chi connectivity index (χ3n) is 6.35. The number of carbonyl (C=O) groups is 2. The molecule has 0 aliphatic rings. The summed E-state index contributed by atoms with van der Waals surface area (Å²) in [6, 6.07) is 37.1. The summed E-state index contributed by atoms with van der Waals surface area (Å²) in [5.74, 6) is -1.51. The molecule has 178 valence electrons. The Morgan fingerprint density at radius 2 is 1.28 bits per heavy atom. The van der Waals surface area contributed by atoms with Crippen LogP contribution in [0.2, 0.25) is 0 Å². The molecular weight excluding hydrogens is 448 g/mol. The molecule has 5 heteroatoms. The fourth-order valence-corrected chi connectivity index (χ4v) is 4.66. The van der Waals surface area contributed by atoms with Gasteiger partial charge in [0, 0.05) is 12.8 Å². The highest BCUT2D eigenvalue weighted by Gasteiger charge is 2.39. The summed E-state index contributed by atoms with van der Waals surface area (Å²) in [6.07, 6.45) is 0.0959. The minimum Gasteiger partial charge on any atom is -0.480 e. The van der Waals surface area contributed by atoms with Gasteiger partial charge < -0.3 is 10.4 Å². The molecule has 0 saturated heterocycles. The predicted molar refractivity (Wildman–Crippen MR) is 138 cm³/mol. The number of rotatable bonds is 9. The van der Waals surface area contributed by atoms with Gasteiger partial charge in [-0.1, -0.05) is 103 Å². The molecule has 0 aliphatic carbocycles. The molecule has 2 N–H and O–H groups in total. The maximum atomic E-state index is 13.6. The molecule has 0 heterocycles. The number of carboxylic acid groups (broad SMARTS) is 1. The number of hydrogen-bond donors (Lipinski definition) is 2. The molecule has 4 aromatic rings. The molecule has 1 atom stereocenters. The van der Waals surface area contributed by atoms with Crippen molar-refractivity contribution in [2.45, 2.75) is 24.3 Å². The number of amides is 1. The van der Waals surface area contributed by atoms with Crippen molar-refractivity contribution >= 4 is 11.9 Å². The Morgan fingerprint density at radius 3 is 1.72 bits per heavy atom. The van der Waals surface area contributed by atoms with E-state index in [9.17, 15) is 14.7 Å². The van der Waals surface area contributed by atoms with Gasteiger partial charge in [-0.3, -0.25) is 4.79 Å². The SMILES string of the molecule is N#Cc1cccc(C[C@H](NC(=O)CC(c2ccccc2)(c2ccccc2)c2ccccc2)C(=O)O)c1. The van der Waals surface area contributed by atoms with Crippen LogP contribution in [0.1, 0.15) is 34.2 Å². The molecule has 4 aromatic carbocycles. The van der Waals surface area contributed by atoms with Crippen LogP contribution in [0.15, 0.2) is 115 Å². The quantitative estimate of drug-likeness (QED) is 0.331. The Kier molecular flexibility index (Phi) is 7.57. The lowest BCUT2D eigenvalue weighted by Gasteiger charge is -2.36. The summed E-state index contributed by atoms with van der Waals surface area (Å²) < 4.78 is 0. The maximum Gasteiger partial charge on any atom is 0.326 e. The van der Waals surface area contributed by atoms with E-state index in [0.29, 0.717) is 11.1 Å². The van der Waals surface area contributed by atoms with Crippen LogP contribution >= 0.6 is 0 Å². The zero-order chi connectivity index (χ0) is 25.4. The molecule has 0 saturated carbocycles. The lowest BCUT2D eigenvalue weighted by atomic mass is 9.67. The summed E-state index contributed by atoms with van der Waals surface area (Å²) in [4.78, 5) is 25.7. The first kappa shape index (κ1) is 24.4. The van der Waals surface area contributed by atoms with Gasteiger partial charge in [0.2, 0.25) is 5.91 Å². The minimum atomic E-state index is -1.13. The maximum absolute atomic E-state index is 13.6. The van der Waals surface area contributed by atoms with Crippen molar-refractivity contribution in [1.29, 1.82) is 5.26 Å². The average molecular weight is 475 g/mol. The number of nitrogens with zero attached hydrogens (tertiary/aromatic N) is 1. The van der Waals surface area contributed by atoms with Crippen LogP contribution in [0, 0.1) is 11.3 Å². The van der Waals surface area contributed by atoms with Crippen molar-refractivity contribution in [2.24, 2.45) is 0 Å². The third-order valence-corrected chi connectivity index (χ3v) is 6.35. The fraction of sp³-hybridized carbons (Fsp3) is 0.129. The zero-order valence-corrected chi connectivity index (χ0v) is 19.7. The van der Waals surface area contributed by atoms with Crippen molar-refractivity contribution in [3.63, 3.8) is 0 Å². The first-order chi connectivity index (χ1) is 17.5. The van der Waals surface area contributed by atoms with Gasteiger partial charge in [0.15, 0.2) is 0 Å². The number of nitrogens with one attached hydrogen (secondary N) is 1. The Morgan fingerprint density at radius 1 is 0.778 bits per heavy atom. The van der Waals surface area contributed by atoms with Crippen LogP contribution in [-0.4, -0.2) is 23.0 Å². The number of aliphatic carboxylic acids is 1. The van der Waals surface area contributed by atoms with E-state index in [2.05, 4.69) is 11.4 Å². The summed E-state index contributed by atoms with van der Waals surface area (Å²) in [5, 5.41) is 21.8. The van der Waals surface area contributed by atoms with Crippen LogP contribution in [0.5, 0.6) is 0 Å². The van der Waals surface area contributed by atoms with Gasteiger partial charge in [0.25, 0.3) is 0 Å². The van der Waals surface area contributed by atoms with E-state index in [1.54, 1.807) is 24.3 Å². The number of benzene rings is 4. The van der Waals surface area contributed by atoms with Crippen molar-refractivity contribution < 1.29 is 14.7 Å². The number of hydrogen-bond acceptors (Lipinski definition) is 3. The first-order valence-corrected chi connectivity index (χ1v) is 11.7. The Labute approximate surface area is 210 Å². The highest BCUT2D eigenvalue weighted by atomic mass is 16.4. The lowest BCUT2D eigenvalue weighted by Crippen LogP contribution is -2.45. The van der Waals surface area contributed by atoms with E-state index in [1.165, 1.54) is 0 Å². The molecule has 1 amide bonds. The molecule has 4 rings (SSSR count). The third kappa shape index (κ3) is 5.34. The second-order valence-corrected chi connectivity index (χ2v) is 8.65. The second kappa shape index (κ2) is 11.2. The van der Waals surface area contributed by atoms with Gasteiger partial charge in [0.1, 0.15) is 6.04 Å². The van der Waals surface area contributed by atoms with Gasteiger partial charge in [0.05, 0.1) is 17.0 Å². The number of nitriles is 1. The molecule has 0 unspecified atom stereocenters. The van der Waals surface area contributed by atoms with E-state index in [0.717, 1.165) is 16.7 Å². The first-order valence-electron chi connectivity index (χ1n) is 11.7. The second-order valence-electron chi connectivity index (χ2n) is 8.65. The van der Waals surface area contributed by atoms with E-state index >= 15 is 0 Å². The molecule has 0 spiro atoms. The topological polar surface area (TPSA) is 90.2 Å². The Bertz CT molecular complexity index is 1270. The zero-order valence-electron chi connectivity index (χ0n) is 19.7. The van der Waals surface area contributed by atoms with Crippen LogP contribution < -0.4 is 5.32 Å². The van der Waals surface area contributed by atoms with E-state index < -0.39 is 17.4 Å². The highest BCUT2D eigenvalue weighted by molar-refractivity contribution is 5.85. The van der Waals surface area contributed by atoms with E-state index in [1.807, 2.05) is 91.0 Å². The van der Waals surface area contributed by atoms with E-state index in [4.69, 9.17) is 5.26 Å². The molecule has 0 aliphatic heterocycles. The van der Waals surface area contributed by atoms with Crippen LogP contribution in [-0.2, 0) is 21.4 Å². The lowest BCUT2D eigenvalue weighted by molar-refractivity contribution is -0.141. The molecule has 0 aromatic heterocycles. The molecule has 0 bridgehead atoms. The largest absolute Gasteiger partial charge is 0.480 e. The molecular formula is C31H26N2O3. The molecule has 5 nitrogen and oxygen atoms in total. The van der Waals surface area contributed by atoms with Gasteiger partial charge in [-0.05, 0) is 34.4 Å². The normalized spacial score (nSPS) is 11.8. The molecule has 0 radical (unpaired) electrons. The Balaban J connectivity index is 1.72. The summed E-state index contributed by atoms with van der Waals surface area (Å²) >= 11 is 0. The van der Waals surface area contributed by atoms with E-state index in [-0.39, 0.29) is 18.7 Å². The van der Waals surface area contributed by atoms with Gasteiger partial charge >= 0.3 is 5.97 Å². The van der Waals surface area contributed by atoms with Crippen molar-refractivity contribution in [1.82, 2.24) is 5.32 Å². The van der Waals surface area contributed by atoms with Crippen LogP contribution in [0.25, 0.3) is 0 Å². The van der Waals surface area contributed by atoms with Crippen molar-refractivity contribution in [2.75, 3.05) is 0 Å². The standard InChI is InChI=1S/C31H26N2O3/c32-22-24-12-10-11-23(19-24)20-28(30(35)36)33-29(34)21-31(25-13-4-1-5-14-25,26-15-6-2-7-16-26)27-17-8-3-9-18-27/h1-19,28H,20-21H2,(H,33,34)(H,35,36)/t28-/m0/s1. The van der Waals surface area contributed by atoms with Gasteiger partial charge in [-0.2, -0.15) is 5.26 Å². The van der Waals surface area contributed by atoms with Crippen LogP contribution in [0.3, 0.4) is 0 Å². The summed E-state index contributed by atoms with van der Waals surface area (Å²) in [5.41, 5.74) is 3.10. The van der Waals surface area contributed by atoms with Crippen LogP contribution in [0.4, 0.5) is 0 Å². The molecule has 0 fully saturated rings. The number of carboxylic acids is 1. The smallest absolute Gasteiger partial charge is 0.326 e. The highest BCUT2D eigenvalue weighted by Crippen LogP contribution is 2.42.